The minimum atomic E-state index is -3.74. The lowest BCUT2D eigenvalue weighted by molar-refractivity contribution is 0.454. The second-order valence-electron chi connectivity index (χ2n) is 5.81. The summed E-state index contributed by atoms with van der Waals surface area (Å²) < 4.78 is 35.9. The number of benzene rings is 1. The van der Waals surface area contributed by atoms with Crippen molar-refractivity contribution in [1.29, 1.82) is 0 Å². The van der Waals surface area contributed by atoms with Crippen LogP contribution in [0.3, 0.4) is 0 Å². The summed E-state index contributed by atoms with van der Waals surface area (Å²) in [5.41, 5.74) is 0.388. The quantitative estimate of drug-likeness (QED) is 0.529. The van der Waals surface area contributed by atoms with E-state index in [0.29, 0.717) is 23.1 Å². The van der Waals surface area contributed by atoms with Gasteiger partial charge in [-0.05, 0) is 30.3 Å². The Morgan fingerprint density at radius 2 is 1.86 bits per heavy atom. The fraction of sp³-hybridized carbons (Fsp3) is 0.0588. The number of aryl methyl sites for hydroxylation is 1. The average molecular weight is 397 g/mol. The van der Waals surface area contributed by atoms with E-state index in [4.69, 9.17) is 4.74 Å². The average Bonchev–Trinajstić information content (AvgIpc) is 3.36. The molecule has 0 aliphatic heterocycles. The van der Waals surface area contributed by atoms with Crippen LogP contribution >= 0.6 is 0 Å². The van der Waals surface area contributed by atoms with Gasteiger partial charge in [0.1, 0.15) is 12.1 Å². The molecule has 142 valence electrons. The van der Waals surface area contributed by atoms with Crippen LogP contribution in [0.25, 0.3) is 5.82 Å². The van der Waals surface area contributed by atoms with Crippen LogP contribution in [0.4, 0.5) is 5.69 Å². The Kier molecular flexibility index (Phi) is 4.49. The largest absolute Gasteiger partial charge is 0.438 e. The van der Waals surface area contributed by atoms with E-state index in [1.165, 1.54) is 12.5 Å². The molecule has 1 aromatic carbocycles. The minimum Gasteiger partial charge on any atom is -0.438 e. The van der Waals surface area contributed by atoms with Crippen LogP contribution < -0.4 is 9.46 Å². The Balaban J connectivity index is 1.43. The van der Waals surface area contributed by atoms with Crippen molar-refractivity contribution in [2.24, 2.45) is 7.05 Å². The number of imidazole rings is 2. The van der Waals surface area contributed by atoms with Crippen molar-refractivity contribution in [3.05, 3.63) is 67.6 Å². The third kappa shape index (κ3) is 3.83. The maximum absolute atomic E-state index is 12.3. The first-order chi connectivity index (χ1) is 13.5. The lowest BCUT2D eigenvalue weighted by Crippen LogP contribution is -2.13. The van der Waals surface area contributed by atoms with Crippen LogP contribution in [0.2, 0.25) is 0 Å². The van der Waals surface area contributed by atoms with Crippen molar-refractivity contribution in [1.82, 2.24) is 29.3 Å². The Hall–Kier alpha value is -3.73. The van der Waals surface area contributed by atoms with Crippen molar-refractivity contribution < 1.29 is 13.2 Å². The molecule has 0 bridgehead atoms. The monoisotopic (exact) mass is 397 g/mol. The topological polar surface area (TPSA) is 117 Å². The van der Waals surface area contributed by atoms with Crippen LogP contribution in [0.5, 0.6) is 11.6 Å². The van der Waals surface area contributed by atoms with Crippen LogP contribution in [-0.4, -0.2) is 37.7 Å². The molecule has 0 radical (unpaired) electrons. The predicted octanol–water partition coefficient (Wildman–Crippen LogP) is 1.99. The molecule has 0 aliphatic rings. The fourth-order valence-corrected chi connectivity index (χ4v) is 3.39. The van der Waals surface area contributed by atoms with Crippen molar-refractivity contribution in [3.8, 4) is 17.4 Å². The number of rotatable bonds is 6. The number of hydrogen-bond acceptors (Lipinski definition) is 7. The molecule has 3 heterocycles. The van der Waals surface area contributed by atoms with Gasteiger partial charge in [0, 0.05) is 37.4 Å². The highest BCUT2D eigenvalue weighted by Crippen LogP contribution is 2.22. The van der Waals surface area contributed by atoms with E-state index in [2.05, 4.69) is 24.9 Å². The van der Waals surface area contributed by atoms with Gasteiger partial charge in [0.15, 0.2) is 10.8 Å². The van der Waals surface area contributed by atoms with Gasteiger partial charge in [0.2, 0.25) is 5.88 Å². The molecule has 4 rings (SSSR count). The molecule has 28 heavy (non-hydrogen) atoms. The fourth-order valence-electron chi connectivity index (χ4n) is 2.35. The van der Waals surface area contributed by atoms with Gasteiger partial charge < -0.3 is 9.30 Å². The molecule has 10 nitrogen and oxygen atoms in total. The van der Waals surface area contributed by atoms with Crippen LogP contribution in [0.15, 0.2) is 72.7 Å². The third-order valence-electron chi connectivity index (χ3n) is 3.68. The lowest BCUT2D eigenvalue weighted by Gasteiger charge is -2.08. The summed E-state index contributed by atoms with van der Waals surface area (Å²) in [5, 5.41) is 8.02. The summed E-state index contributed by atoms with van der Waals surface area (Å²) in [6.07, 6.45) is 7.87. The zero-order valence-corrected chi connectivity index (χ0v) is 15.5. The summed E-state index contributed by atoms with van der Waals surface area (Å²) in [4.78, 5) is 7.80. The van der Waals surface area contributed by atoms with Crippen LogP contribution in [0, 0.1) is 0 Å². The van der Waals surface area contributed by atoms with E-state index >= 15 is 0 Å². The Labute approximate surface area is 160 Å². The number of aromatic nitrogens is 6. The molecular weight excluding hydrogens is 382 g/mol. The summed E-state index contributed by atoms with van der Waals surface area (Å²) in [7, 11) is -2.05. The SMILES string of the molecule is Cn1cnc(S(=O)(=O)Nc2ccc(Oc3ccc(-n4ccnc4)nn3)cc2)c1. The molecule has 0 aliphatic carbocycles. The van der Waals surface area contributed by atoms with Gasteiger partial charge in [-0.2, -0.15) is 8.42 Å². The molecule has 1 N–H and O–H groups in total. The Bertz CT molecular complexity index is 1170. The smallest absolute Gasteiger partial charge is 0.280 e. The molecule has 0 saturated carbocycles. The summed E-state index contributed by atoms with van der Waals surface area (Å²) in [6.45, 7) is 0. The number of anilines is 1. The number of ether oxygens (including phenoxy) is 1. The minimum absolute atomic E-state index is 0.0522. The first-order valence-corrected chi connectivity index (χ1v) is 9.59. The molecule has 0 unspecified atom stereocenters. The molecule has 11 heteroatoms. The van der Waals surface area contributed by atoms with E-state index in [-0.39, 0.29) is 5.03 Å². The molecule has 4 aromatic rings. The van der Waals surface area contributed by atoms with E-state index in [1.807, 2.05) is 0 Å². The molecular formula is C17H15N7O3S. The zero-order valence-electron chi connectivity index (χ0n) is 14.7. The first-order valence-electron chi connectivity index (χ1n) is 8.10. The highest BCUT2D eigenvalue weighted by Gasteiger charge is 2.17. The van der Waals surface area contributed by atoms with Crippen LogP contribution in [0.1, 0.15) is 0 Å². The standard InChI is InChI=1S/C17H15N7O3S/c1-23-10-17(19-12-23)28(25,26)22-13-2-4-14(5-3-13)27-16-7-6-15(20-21-16)24-9-8-18-11-24/h2-12,22H,1H3. The second kappa shape index (κ2) is 7.12. The predicted molar refractivity (Wildman–Crippen MR) is 99.7 cm³/mol. The number of sulfonamides is 1. The van der Waals surface area contributed by atoms with E-state index < -0.39 is 10.0 Å². The third-order valence-corrected chi connectivity index (χ3v) is 4.95. The first kappa shape index (κ1) is 17.7. The molecule has 0 spiro atoms. The van der Waals surface area contributed by atoms with Crippen LogP contribution in [-0.2, 0) is 17.1 Å². The second-order valence-corrected chi connectivity index (χ2v) is 7.44. The van der Waals surface area contributed by atoms with Gasteiger partial charge >= 0.3 is 0 Å². The van der Waals surface area contributed by atoms with Gasteiger partial charge in [-0.15, -0.1) is 10.2 Å². The zero-order chi connectivity index (χ0) is 19.6. The molecule has 0 saturated heterocycles. The Morgan fingerprint density at radius 3 is 2.46 bits per heavy atom. The lowest BCUT2D eigenvalue weighted by atomic mass is 10.3. The summed E-state index contributed by atoms with van der Waals surface area (Å²) in [6, 6.07) is 9.86. The normalized spacial score (nSPS) is 11.3. The van der Waals surface area contributed by atoms with Gasteiger partial charge in [-0.1, -0.05) is 0 Å². The van der Waals surface area contributed by atoms with Gasteiger partial charge in [-0.25, -0.2) is 9.97 Å². The van der Waals surface area contributed by atoms with Gasteiger partial charge in [0.05, 0.1) is 6.33 Å². The van der Waals surface area contributed by atoms with E-state index in [1.54, 1.807) is 71.3 Å². The number of nitrogens with one attached hydrogen (secondary N) is 1. The highest BCUT2D eigenvalue weighted by molar-refractivity contribution is 7.92. The van der Waals surface area contributed by atoms with Crippen molar-refractivity contribution in [2.75, 3.05) is 4.72 Å². The summed E-state index contributed by atoms with van der Waals surface area (Å²) in [5.74, 6) is 1.42. The van der Waals surface area contributed by atoms with E-state index in [9.17, 15) is 8.42 Å². The highest BCUT2D eigenvalue weighted by atomic mass is 32.2. The van der Waals surface area contributed by atoms with Gasteiger partial charge in [0.25, 0.3) is 10.0 Å². The molecule has 0 amide bonds. The van der Waals surface area contributed by atoms with Gasteiger partial charge in [-0.3, -0.25) is 9.29 Å². The van der Waals surface area contributed by atoms with Crippen molar-refractivity contribution in [3.63, 3.8) is 0 Å². The number of nitrogens with zero attached hydrogens (tertiary/aromatic N) is 6. The Morgan fingerprint density at radius 1 is 1.04 bits per heavy atom. The maximum atomic E-state index is 12.3. The number of hydrogen-bond donors (Lipinski definition) is 1. The van der Waals surface area contributed by atoms with E-state index in [0.717, 1.165) is 0 Å². The summed E-state index contributed by atoms with van der Waals surface area (Å²) >= 11 is 0. The van der Waals surface area contributed by atoms with Crippen molar-refractivity contribution in [2.45, 2.75) is 5.03 Å². The molecule has 0 fully saturated rings. The molecule has 0 atom stereocenters. The molecule has 3 aromatic heterocycles. The van der Waals surface area contributed by atoms with Crippen molar-refractivity contribution >= 4 is 15.7 Å². The maximum Gasteiger partial charge on any atom is 0.280 e.